The van der Waals surface area contributed by atoms with Gasteiger partial charge in [-0.05, 0) is 48.4 Å². The van der Waals surface area contributed by atoms with Crippen molar-refractivity contribution in [1.29, 1.82) is 0 Å². The fourth-order valence-corrected chi connectivity index (χ4v) is 3.94. The van der Waals surface area contributed by atoms with Gasteiger partial charge in [0.2, 0.25) is 0 Å². The normalized spacial score (nSPS) is 11.2. The maximum Gasteiger partial charge on any atom is 0.263 e. The summed E-state index contributed by atoms with van der Waals surface area (Å²) in [4.78, 5) is 4.18. The fraction of sp³-hybridized carbons (Fsp3) is 0.0556. The first-order valence-corrected chi connectivity index (χ1v) is 9.12. The molecule has 0 saturated carbocycles. The predicted molar refractivity (Wildman–Crippen MR) is 96.7 cm³/mol. The van der Waals surface area contributed by atoms with E-state index in [4.69, 9.17) is 11.6 Å². The summed E-state index contributed by atoms with van der Waals surface area (Å²) in [7, 11) is -3.72. The number of nitrogens with zero attached hydrogens (tertiary/aromatic N) is 1. The molecule has 122 valence electrons. The summed E-state index contributed by atoms with van der Waals surface area (Å²) in [5.74, 6) is 0. The number of aryl methyl sites for hydroxylation is 1. The molecule has 1 N–H and O–H groups in total. The Balaban J connectivity index is 1.87. The molecule has 3 aromatic rings. The van der Waals surface area contributed by atoms with Crippen LogP contribution in [0.4, 0.5) is 5.69 Å². The van der Waals surface area contributed by atoms with Crippen molar-refractivity contribution in [3.05, 3.63) is 77.6 Å². The minimum absolute atomic E-state index is 0.0545. The van der Waals surface area contributed by atoms with Crippen molar-refractivity contribution in [3.63, 3.8) is 0 Å². The van der Waals surface area contributed by atoms with Crippen molar-refractivity contribution in [2.45, 2.75) is 11.8 Å². The molecule has 0 atom stereocenters. The number of rotatable bonds is 4. The van der Waals surface area contributed by atoms with Crippen LogP contribution in [0.2, 0.25) is 5.02 Å². The van der Waals surface area contributed by atoms with Gasteiger partial charge in [0, 0.05) is 23.6 Å². The van der Waals surface area contributed by atoms with E-state index >= 15 is 0 Å². The summed E-state index contributed by atoms with van der Waals surface area (Å²) in [5, 5.41) is 0.188. The molecule has 6 heteroatoms. The molecular formula is C18H15ClN2O2S. The topological polar surface area (TPSA) is 59.1 Å². The van der Waals surface area contributed by atoms with E-state index in [9.17, 15) is 8.42 Å². The molecule has 0 aliphatic carbocycles. The Morgan fingerprint density at radius 1 is 1.00 bits per heavy atom. The molecule has 24 heavy (non-hydrogen) atoms. The molecule has 0 amide bonds. The molecule has 3 rings (SSSR count). The minimum atomic E-state index is -3.72. The number of anilines is 1. The molecule has 0 saturated heterocycles. The molecule has 0 spiro atoms. The highest BCUT2D eigenvalue weighted by molar-refractivity contribution is 7.92. The fourth-order valence-electron chi connectivity index (χ4n) is 2.36. The van der Waals surface area contributed by atoms with Crippen LogP contribution < -0.4 is 4.72 Å². The number of nitrogens with one attached hydrogen (secondary N) is 1. The standard InChI is InChI=1S/C18H15ClN2O2S/c1-13-10-11-20-12-16(13)14-6-8-15(9-7-14)21-24(22,23)18-5-3-2-4-17(18)19/h2-12,21H,1H3. The van der Waals surface area contributed by atoms with Gasteiger partial charge in [-0.15, -0.1) is 0 Å². The van der Waals surface area contributed by atoms with Crippen LogP contribution in [-0.4, -0.2) is 13.4 Å². The maximum atomic E-state index is 12.4. The van der Waals surface area contributed by atoms with Crippen LogP contribution in [0.15, 0.2) is 71.9 Å². The van der Waals surface area contributed by atoms with Crippen molar-refractivity contribution in [2.24, 2.45) is 0 Å². The molecule has 0 fully saturated rings. The van der Waals surface area contributed by atoms with Crippen molar-refractivity contribution in [3.8, 4) is 11.1 Å². The van der Waals surface area contributed by atoms with Crippen LogP contribution in [0.25, 0.3) is 11.1 Å². The zero-order chi connectivity index (χ0) is 17.2. The van der Waals surface area contributed by atoms with Gasteiger partial charge in [0.15, 0.2) is 0 Å². The molecule has 1 aromatic heterocycles. The van der Waals surface area contributed by atoms with Crippen LogP contribution in [0.3, 0.4) is 0 Å². The van der Waals surface area contributed by atoms with Crippen LogP contribution in [0.1, 0.15) is 5.56 Å². The summed E-state index contributed by atoms with van der Waals surface area (Å²) in [5.41, 5.74) is 3.56. The summed E-state index contributed by atoms with van der Waals surface area (Å²) >= 11 is 5.97. The maximum absolute atomic E-state index is 12.4. The van der Waals surface area contributed by atoms with Gasteiger partial charge in [-0.2, -0.15) is 0 Å². The van der Waals surface area contributed by atoms with Gasteiger partial charge in [-0.25, -0.2) is 8.42 Å². The first-order valence-electron chi connectivity index (χ1n) is 7.26. The van der Waals surface area contributed by atoms with Crippen LogP contribution in [0, 0.1) is 6.92 Å². The Hall–Kier alpha value is -2.37. The second-order valence-electron chi connectivity index (χ2n) is 5.30. The Kier molecular flexibility index (Phi) is 4.55. The average Bonchev–Trinajstić information content (AvgIpc) is 2.56. The van der Waals surface area contributed by atoms with Crippen LogP contribution in [-0.2, 0) is 10.0 Å². The molecule has 4 nitrogen and oxygen atoms in total. The molecule has 0 aliphatic rings. The lowest BCUT2D eigenvalue weighted by atomic mass is 10.0. The quantitative estimate of drug-likeness (QED) is 0.746. The lowest BCUT2D eigenvalue weighted by molar-refractivity contribution is 0.601. The number of pyridine rings is 1. The van der Waals surface area contributed by atoms with Gasteiger partial charge >= 0.3 is 0 Å². The summed E-state index contributed by atoms with van der Waals surface area (Å²) in [6.07, 6.45) is 3.53. The third-order valence-corrected chi connectivity index (χ3v) is 5.49. The Bertz CT molecular complexity index is 970. The molecule has 2 aromatic carbocycles. The SMILES string of the molecule is Cc1ccncc1-c1ccc(NS(=O)(=O)c2ccccc2Cl)cc1. The van der Waals surface area contributed by atoms with Crippen LogP contribution in [0.5, 0.6) is 0 Å². The van der Waals surface area contributed by atoms with Gasteiger partial charge in [0.05, 0.1) is 5.02 Å². The minimum Gasteiger partial charge on any atom is -0.280 e. The highest BCUT2D eigenvalue weighted by Crippen LogP contribution is 2.26. The van der Waals surface area contributed by atoms with Crippen molar-refractivity contribution >= 4 is 27.3 Å². The molecule has 1 heterocycles. The first kappa shape index (κ1) is 16.5. The number of benzene rings is 2. The van der Waals surface area contributed by atoms with E-state index in [1.54, 1.807) is 42.7 Å². The third kappa shape index (κ3) is 3.42. The Morgan fingerprint density at radius 3 is 2.38 bits per heavy atom. The van der Waals surface area contributed by atoms with Crippen LogP contribution >= 0.6 is 11.6 Å². The van der Waals surface area contributed by atoms with Gasteiger partial charge in [0.25, 0.3) is 10.0 Å². The van der Waals surface area contributed by atoms with E-state index < -0.39 is 10.0 Å². The third-order valence-electron chi connectivity index (χ3n) is 3.61. The van der Waals surface area contributed by atoms with Gasteiger partial charge < -0.3 is 0 Å². The molecule has 0 radical (unpaired) electrons. The summed E-state index contributed by atoms with van der Waals surface area (Å²) in [6, 6.07) is 15.4. The second-order valence-corrected chi connectivity index (χ2v) is 7.36. The zero-order valence-corrected chi connectivity index (χ0v) is 14.5. The largest absolute Gasteiger partial charge is 0.280 e. The van der Waals surface area contributed by atoms with Gasteiger partial charge in [-0.3, -0.25) is 9.71 Å². The lowest BCUT2D eigenvalue weighted by Gasteiger charge is -2.10. The zero-order valence-electron chi connectivity index (χ0n) is 12.9. The summed E-state index contributed by atoms with van der Waals surface area (Å²) < 4.78 is 27.4. The van der Waals surface area contributed by atoms with Crippen molar-refractivity contribution in [2.75, 3.05) is 4.72 Å². The first-order chi connectivity index (χ1) is 11.5. The number of aromatic nitrogens is 1. The second kappa shape index (κ2) is 6.63. The summed E-state index contributed by atoms with van der Waals surface area (Å²) in [6.45, 7) is 2.00. The number of sulfonamides is 1. The van der Waals surface area contributed by atoms with E-state index in [1.807, 2.05) is 25.1 Å². The molecule has 0 aliphatic heterocycles. The lowest BCUT2D eigenvalue weighted by Crippen LogP contribution is -2.13. The predicted octanol–water partition coefficient (Wildman–Crippen LogP) is 4.51. The number of hydrogen-bond donors (Lipinski definition) is 1. The van der Waals surface area contributed by atoms with E-state index in [0.717, 1.165) is 16.7 Å². The van der Waals surface area contributed by atoms with Gasteiger partial charge in [-0.1, -0.05) is 35.9 Å². The molecule has 0 bridgehead atoms. The smallest absolute Gasteiger partial charge is 0.263 e. The van der Waals surface area contributed by atoms with E-state index in [-0.39, 0.29) is 9.92 Å². The average molecular weight is 359 g/mol. The molecule has 0 unspecified atom stereocenters. The van der Waals surface area contributed by atoms with E-state index in [2.05, 4.69) is 9.71 Å². The van der Waals surface area contributed by atoms with Crippen molar-refractivity contribution in [1.82, 2.24) is 4.98 Å². The van der Waals surface area contributed by atoms with E-state index in [1.165, 1.54) is 6.07 Å². The Labute approximate surface area is 146 Å². The Morgan fingerprint density at radius 2 is 1.71 bits per heavy atom. The van der Waals surface area contributed by atoms with Gasteiger partial charge in [0.1, 0.15) is 4.90 Å². The highest BCUT2D eigenvalue weighted by Gasteiger charge is 2.17. The number of halogens is 1. The monoisotopic (exact) mass is 358 g/mol. The molecular weight excluding hydrogens is 344 g/mol. The van der Waals surface area contributed by atoms with Crippen molar-refractivity contribution < 1.29 is 8.42 Å². The number of hydrogen-bond acceptors (Lipinski definition) is 3. The highest BCUT2D eigenvalue weighted by atomic mass is 35.5. The van der Waals surface area contributed by atoms with E-state index in [0.29, 0.717) is 5.69 Å².